The number of aromatic nitrogens is 2. The first-order chi connectivity index (χ1) is 11.7. The van der Waals surface area contributed by atoms with Gasteiger partial charge in [-0.15, -0.1) is 0 Å². The monoisotopic (exact) mass is 321 g/mol. The molecule has 3 aromatic rings. The molecule has 0 aliphatic carbocycles. The number of piperidine rings is 1. The summed E-state index contributed by atoms with van der Waals surface area (Å²) in [5, 5.41) is 10.9. The molecule has 1 aliphatic rings. The van der Waals surface area contributed by atoms with Crippen LogP contribution in [0, 0.1) is 0 Å². The summed E-state index contributed by atoms with van der Waals surface area (Å²) >= 11 is 0. The first-order valence-electron chi connectivity index (χ1n) is 8.56. The highest BCUT2D eigenvalue weighted by Crippen LogP contribution is 2.33. The Hall–Kier alpha value is -2.17. The molecule has 0 unspecified atom stereocenters. The van der Waals surface area contributed by atoms with Gasteiger partial charge in [-0.25, -0.2) is 4.98 Å². The molecule has 24 heavy (non-hydrogen) atoms. The second kappa shape index (κ2) is 6.04. The van der Waals surface area contributed by atoms with Gasteiger partial charge < -0.3 is 9.67 Å². The number of benzene rings is 2. The zero-order chi connectivity index (χ0) is 16.6. The SMILES string of the molecule is Cn1c(CN2CCC(O)(c3ccccc3)CC2)nc2ccccc21. The summed E-state index contributed by atoms with van der Waals surface area (Å²) in [7, 11) is 2.08. The molecule has 4 nitrogen and oxygen atoms in total. The molecule has 2 heterocycles. The quantitative estimate of drug-likeness (QED) is 0.806. The van der Waals surface area contributed by atoms with Crippen molar-refractivity contribution in [2.45, 2.75) is 25.0 Å². The predicted molar refractivity (Wildman–Crippen MR) is 95.6 cm³/mol. The van der Waals surface area contributed by atoms with Crippen LogP contribution in [0.2, 0.25) is 0 Å². The summed E-state index contributed by atoms with van der Waals surface area (Å²) in [6.07, 6.45) is 1.53. The average molecular weight is 321 g/mol. The molecule has 0 spiro atoms. The lowest BCUT2D eigenvalue weighted by Crippen LogP contribution is -2.42. The number of hydrogen-bond donors (Lipinski definition) is 1. The number of aryl methyl sites for hydroxylation is 1. The van der Waals surface area contributed by atoms with Crippen molar-refractivity contribution in [3.05, 3.63) is 66.0 Å². The lowest BCUT2D eigenvalue weighted by molar-refractivity contribution is -0.0283. The van der Waals surface area contributed by atoms with Gasteiger partial charge in [0.2, 0.25) is 0 Å². The van der Waals surface area contributed by atoms with Gasteiger partial charge in [-0.3, -0.25) is 4.90 Å². The van der Waals surface area contributed by atoms with E-state index in [0.29, 0.717) is 0 Å². The number of nitrogens with zero attached hydrogens (tertiary/aromatic N) is 3. The van der Waals surface area contributed by atoms with Crippen molar-refractivity contribution >= 4 is 11.0 Å². The Balaban J connectivity index is 1.47. The van der Waals surface area contributed by atoms with E-state index in [1.807, 2.05) is 36.4 Å². The maximum atomic E-state index is 10.9. The summed E-state index contributed by atoms with van der Waals surface area (Å²) in [4.78, 5) is 7.15. The van der Waals surface area contributed by atoms with E-state index >= 15 is 0 Å². The molecule has 0 bridgehead atoms. The van der Waals surface area contributed by atoms with Crippen LogP contribution < -0.4 is 0 Å². The Morgan fingerprint density at radius 1 is 1.00 bits per heavy atom. The fraction of sp³-hybridized carbons (Fsp3) is 0.350. The molecule has 0 saturated carbocycles. The van der Waals surface area contributed by atoms with E-state index in [-0.39, 0.29) is 0 Å². The van der Waals surface area contributed by atoms with Gasteiger partial charge >= 0.3 is 0 Å². The maximum absolute atomic E-state index is 10.9. The molecular weight excluding hydrogens is 298 g/mol. The molecule has 124 valence electrons. The molecular formula is C20H23N3O. The van der Waals surface area contributed by atoms with Gasteiger partial charge in [0.15, 0.2) is 0 Å². The van der Waals surface area contributed by atoms with Gasteiger partial charge in [-0.1, -0.05) is 42.5 Å². The van der Waals surface area contributed by atoms with Gasteiger partial charge in [-0.2, -0.15) is 0 Å². The molecule has 0 amide bonds. The lowest BCUT2D eigenvalue weighted by Gasteiger charge is -2.38. The Bertz CT molecular complexity index is 832. The summed E-state index contributed by atoms with van der Waals surface area (Å²) in [6.45, 7) is 2.60. The molecule has 1 aromatic heterocycles. The minimum atomic E-state index is -0.690. The van der Waals surface area contributed by atoms with E-state index < -0.39 is 5.60 Å². The molecule has 0 radical (unpaired) electrons. The zero-order valence-corrected chi connectivity index (χ0v) is 14.0. The number of hydrogen-bond acceptors (Lipinski definition) is 3. The zero-order valence-electron chi connectivity index (χ0n) is 14.0. The minimum absolute atomic E-state index is 0.690. The van der Waals surface area contributed by atoms with Gasteiger partial charge in [0.25, 0.3) is 0 Å². The van der Waals surface area contributed by atoms with Crippen LogP contribution in [0.3, 0.4) is 0 Å². The summed E-state index contributed by atoms with van der Waals surface area (Å²) in [5.74, 6) is 1.08. The summed E-state index contributed by atoms with van der Waals surface area (Å²) < 4.78 is 2.17. The topological polar surface area (TPSA) is 41.3 Å². The van der Waals surface area contributed by atoms with Crippen LogP contribution in [0.5, 0.6) is 0 Å². The van der Waals surface area contributed by atoms with Crippen LogP contribution in [0.4, 0.5) is 0 Å². The van der Waals surface area contributed by atoms with Gasteiger partial charge in [-0.05, 0) is 30.5 Å². The van der Waals surface area contributed by atoms with E-state index in [1.165, 1.54) is 5.52 Å². The van der Waals surface area contributed by atoms with Crippen molar-refractivity contribution in [1.82, 2.24) is 14.5 Å². The highest BCUT2D eigenvalue weighted by molar-refractivity contribution is 5.75. The van der Waals surface area contributed by atoms with Crippen LogP contribution >= 0.6 is 0 Å². The van der Waals surface area contributed by atoms with E-state index in [4.69, 9.17) is 4.98 Å². The van der Waals surface area contributed by atoms with E-state index in [1.54, 1.807) is 0 Å². The molecule has 4 rings (SSSR count). The normalized spacial score (nSPS) is 18.1. The average Bonchev–Trinajstić information content (AvgIpc) is 2.94. The highest BCUT2D eigenvalue weighted by atomic mass is 16.3. The van der Waals surface area contributed by atoms with Crippen LogP contribution in [-0.2, 0) is 19.2 Å². The number of likely N-dealkylation sites (tertiary alicyclic amines) is 1. The third kappa shape index (κ3) is 2.72. The standard InChI is InChI=1S/C20H23N3O/c1-22-18-10-6-5-9-17(18)21-19(22)15-23-13-11-20(24,12-14-23)16-7-3-2-4-8-16/h2-10,24H,11-15H2,1H3. The second-order valence-electron chi connectivity index (χ2n) is 6.75. The Morgan fingerprint density at radius 2 is 1.67 bits per heavy atom. The molecule has 0 atom stereocenters. The van der Waals surface area contributed by atoms with Crippen LogP contribution in [0.25, 0.3) is 11.0 Å². The van der Waals surface area contributed by atoms with Crippen molar-refractivity contribution in [1.29, 1.82) is 0 Å². The fourth-order valence-electron chi connectivity index (χ4n) is 3.65. The molecule has 1 aliphatic heterocycles. The van der Waals surface area contributed by atoms with Crippen molar-refractivity contribution in [2.24, 2.45) is 7.05 Å². The Labute approximate surface area is 142 Å². The van der Waals surface area contributed by atoms with E-state index in [0.717, 1.165) is 49.4 Å². The van der Waals surface area contributed by atoms with Crippen molar-refractivity contribution in [2.75, 3.05) is 13.1 Å². The third-order valence-corrected chi connectivity index (χ3v) is 5.24. The molecule has 1 N–H and O–H groups in total. The first-order valence-corrected chi connectivity index (χ1v) is 8.56. The number of imidazole rings is 1. The third-order valence-electron chi connectivity index (χ3n) is 5.24. The Morgan fingerprint density at radius 3 is 2.38 bits per heavy atom. The van der Waals surface area contributed by atoms with Gasteiger partial charge in [0, 0.05) is 20.1 Å². The van der Waals surface area contributed by atoms with Crippen molar-refractivity contribution < 1.29 is 5.11 Å². The molecule has 4 heteroatoms. The summed E-state index contributed by atoms with van der Waals surface area (Å²) in [5.41, 5.74) is 2.56. The largest absolute Gasteiger partial charge is 0.385 e. The van der Waals surface area contributed by atoms with Crippen LogP contribution in [0.15, 0.2) is 54.6 Å². The van der Waals surface area contributed by atoms with Gasteiger partial charge in [0.05, 0.1) is 23.2 Å². The summed E-state index contributed by atoms with van der Waals surface area (Å²) in [6, 6.07) is 18.3. The van der Waals surface area contributed by atoms with Crippen LogP contribution in [0.1, 0.15) is 24.2 Å². The molecule has 1 saturated heterocycles. The highest BCUT2D eigenvalue weighted by Gasteiger charge is 2.34. The van der Waals surface area contributed by atoms with Crippen molar-refractivity contribution in [3.8, 4) is 0 Å². The van der Waals surface area contributed by atoms with Crippen molar-refractivity contribution in [3.63, 3.8) is 0 Å². The smallest absolute Gasteiger partial charge is 0.123 e. The number of para-hydroxylation sites is 2. The number of aliphatic hydroxyl groups is 1. The van der Waals surface area contributed by atoms with E-state index in [2.05, 4.69) is 34.7 Å². The van der Waals surface area contributed by atoms with Crippen LogP contribution in [-0.4, -0.2) is 32.6 Å². The molecule has 2 aromatic carbocycles. The lowest BCUT2D eigenvalue weighted by atomic mass is 9.84. The van der Waals surface area contributed by atoms with E-state index in [9.17, 15) is 5.11 Å². The van der Waals surface area contributed by atoms with Gasteiger partial charge in [0.1, 0.15) is 5.82 Å². The predicted octanol–water partition coefficient (Wildman–Crippen LogP) is 3.06. The Kier molecular flexibility index (Phi) is 3.87. The number of fused-ring (bicyclic) bond motifs is 1. The maximum Gasteiger partial charge on any atom is 0.123 e. The fourth-order valence-corrected chi connectivity index (χ4v) is 3.65. The second-order valence-corrected chi connectivity index (χ2v) is 6.75. The number of rotatable bonds is 3. The first kappa shape index (κ1) is 15.4. The molecule has 1 fully saturated rings. The minimum Gasteiger partial charge on any atom is -0.385 e.